The van der Waals surface area contributed by atoms with Gasteiger partial charge in [-0.3, -0.25) is 9.80 Å². The summed E-state index contributed by atoms with van der Waals surface area (Å²) in [7, 11) is 1.71. The van der Waals surface area contributed by atoms with Crippen molar-refractivity contribution in [3.8, 4) is 0 Å². The summed E-state index contributed by atoms with van der Waals surface area (Å²) in [6, 6.07) is 10.8. The molecule has 1 amide bonds. The number of methoxy groups -OCH3 is 1. The summed E-state index contributed by atoms with van der Waals surface area (Å²) in [4.78, 5) is 18.1. The molecular formula is C20H31N3O4. The van der Waals surface area contributed by atoms with E-state index in [-0.39, 0.29) is 18.1 Å². The third-order valence-corrected chi connectivity index (χ3v) is 5.58. The number of amides is 1. The molecule has 0 saturated carbocycles. The van der Waals surface area contributed by atoms with Gasteiger partial charge in [0.2, 0.25) is 0 Å². The molecule has 2 aliphatic heterocycles. The Morgan fingerprint density at radius 3 is 2.70 bits per heavy atom. The lowest BCUT2D eigenvalue weighted by Gasteiger charge is -2.47. The largest absolute Gasteiger partial charge is 0.465 e. The zero-order chi connectivity index (χ0) is 19.2. The second kappa shape index (κ2) is 9.50. The minimum absolute atomic E-state index is 0.0121. The number of carboxylic acid groups (broad SMARTS) is 1. The maximum atomic E-state index is 11.7. The number of hydrogen-bond donors (Lipinski definition) is 1. The average molecular weight is 377 g/mol. The number of benzene rings is 1. The first-order chi connectivity index (χ1) is 13.1. The van der Waals surface area contributed by atoms with Gasteiger partial charge in [-0.05, 0) is 12.5 Å². The normalized spacial score (nSPS) is 27.6. The molecule has 3 atom stereocenters. The molecule has 0 bridgehead atoms. The van der Waals surface area contributed by atoms with Gasteiger partial charge < -0.3 is 19.5 Å². The molecule has 1 aromatic carbocycles. The van der Waals surface area contributed by atoms with E-state index in [9.17, 15) is 9.90 Å². The fourth-order valence-corrected chi connectivity index (χ4v) is 4.11. The molecule has 0 aromatic heterocycles. The Morgan fingerprint density at radius 1 is 1.22 bits per heavy atom. The third kappa shape index (κ3) is 5.19. The minimum Gasteiger partial charge on any atom is -0.465 e. The Kier molecular flexibility index (Phi) is 7.07. The van der Waals surface area contributed by atoms with Crippen LogP contribution in [0.1, 0.15) is 12.5 Å². The number of morpholine rings is 1. The van der Waals surface area contributed by atoms with Crippen molar-refractivity contribution in [1.82, 2.24) is 14.7 Å². The van der Waals surface area contributed by atoms with Crippen LogP contribution in [0.4, 0.5) is 4.79 Å². The molecule has 2 aliphatic rings. The number of hydrogen-bond acceptors (Lipinski definition) is 5. The molecule has 0 aliphatic carbocycles. The molecule has 1 aromatic rings. The second-order valence-corrected chi connectivity index (χ2v) is 7.53. The van der Waals surface area contributed by atoms with Crippen LogP contribution in [0.5, 0.6) is 0 Å². The lowest BCUT2D eigenvalue weighted by Crippen LogP contribution is -2.62. The maximum Gasteiger partial charge on any atom is 0.407 e. The highest BCUT2D eigenvalue weighted by atomic mass is 16.5. The summed E-state index contributed by atoms with van der Waals surface area (Å²) in [5.41, 5.74) is 1.26. The molecule has 150 valence electrons. The van der Waals surface area contributed by atoms with E-state index in [1.54, 1.807) is 12.0 Å². The van der Waals surface area contributed by atoms with Crippen molar-refractivity contribution >= 4 is 6.09 Å². The van der Waals surface area contributed by atoms with Gasteiger partial charge in [0, 0.05) is 51.9 Å². The number of carbonyl (C=O) groups is 1. The molecule has 2 heterocycles. The van der Waals surface area contributed by atoms with Gasteiger partial charge in [-0.1, -0.05) is 30.3 Å². The van der Waals surface area contributed by atoms with Crippen LogP contribution in [0.2, 0.25) is 0 Å². The lowest BCUT2D eigenvalue weighted by atomic mass is 10.0. The van der Waals surface area contributed by atoms with Crippen molar-refractivity contribution in [3.63, 3.8) is 0 Å². The standard InChI is InChI=1S/C20H31N3O4/c1-16-10-22(11-17-6-4-3-5-7-17)18(13-23(16)20(24)25)12-21-8-9-27-15-19(21)14-26-2/h3-7,16,18-19H,8-15H2,1-2H3,(H,24,25)/t16-,18+,19?/m1/s1. The molecule has 1 unspecified atom stereocenters. The average Bonchev–Trinajstić information content (AvgIpc) is 2.66. The van der Waals surface area contributed by atoms with E-state index in [2.05, 4.69) is 34.1 Å². The summed E-state index contributed by atoms with van der Waals surface area (Å²) in [5.74, 6) is 0. The van der Waals surface area contributed by atoms with Crippen molar-refractivity contribution in [1.29, 1.82) is 0 Å². The highest BCUT2D eigenvalue weighted by Gasteiger charge is 2.36. The quantitative estimate of drug-likeness (QED) is 0.812. The molecule has 0 radical (unpaired) electrons. The molecule has 2 fully saturated rings. The summed E-state index contributed by atoms with van der Waals surface area (Å²) < 4.78 is 11.0. The first kappa shape index (κ1) is 20.1. The molecule has 7 nitrogen and oxygen atoms in total. The Balaban J connectivity index is 1.74. The molecule has 1 N–H and O–H groups in total. The van der Waals surface area contributed by atoms with Crippen LogP contribution in [0.25, 0.3) is 0 Å². The zero-order valence-electron chi connectivity index (χ0n) is 16.3. The molecule has 7 heteroatoms. The molecule has 2 saturated heterocycles. The number of nitrogens with zero attached hydrogens (tertiary/aromatic N) is 3. The predicted octanol–water partition coefficient (Wildman–Crippen LogP) is 1.59. The van der Waals surface area contributed by atoms with Crippen LogP contribution in [0.15, 0.2) is 30.3 Å². The van der Waals surface area contributed by atoms with Gasteiger partial charge in [-0.15, -0.1) is 0 Å². The lowest BCUT2D eigenvalue weighted by molar-refractivity contribution is -0.0557. The van der Waals surface area contributed by atoms with E-state index in [0.29, 0.717) is 26.4 Å². The van der Waals surface area contributed by atoms with Gasteiger partial charge in [0.15, 0.2) is 0 Å². The van der Waals surface area contributed by atoms with E-state index in [1.165, 1.54) is 5.56 Å². The second-order valence-electron chi connectivity index (χ2n) is 7.53. The fourth-order valence-electron chi connectivity index (χ4n) is 4.11. The van der Waals surface area contributed by atoms with Crippen molar-refractivity contribution in [2.45, 2.75) is 31.6 Å². The van der Waals surface area contributed by atoms with Crippen LogP contribution in [0, 0.1) is 0 Å². The Labute approximate surface area is 161 Å². The SMILES string of the molecule is COCC1COCCN1C[C@H]1CN(C(=O)O)[C@H](C)CN1Cc1ccccc1. The first-order valence-electron chi connectivity index (χ1n) is 9.66. The van der Waals surface area contributed by atoms with Crippen LogP contribution in [-0.4, -0.2) is 97.1 Å². The van der Waals surface area contributed by atoms with Crippen molar-refractivity contribution < 1.29 is 19.4 Å². The van der Waals surface area contributed by atoms with Crippen molar-refractivity contribution in [2.75, 3.05) is 53.1 Å². The van der Waals surface area contributed by atoms with Crippen LogP contribution >= 0.6 is 0 Å². The van der Waals surface area contributed by atoms with Gasteiger partial charge in [0.25, 0.3) is 0 Å². The summed E-state index contributed by atoms with van der Waals surface area (Å²) in [6.07, 6.45) is -0.831. The van der Waals surface area contributed by atoms with Crippen LogP contribution in [-0.2, 0) is 16.0 Å². The Hall–Kier alpha value is -1.67. The summed E-state index contributed by atoms with van der Waals surface area (Å²) >= 11 is 0. The monoisotopic (exact) mass is 377 g/mol. The topological polar surface area (TPSA) is 65.5 Å². The zero-order valence-corrected chi connectivity index (χ0v) is 16.3. The van der Waals surface area contributed by atoms with Gasteiger partial charge in [-0.25, -0.2) is 4.79 Å². The summed E-state index contributed by atoms with van der Waals surface area (Å²) in [6.45, 7) is 7.78. The highest BCUT2D eigenvalue weighted by Crippen LogP contribution is 2.21. The van der Waals surface area contributed by atoms with E-state index >= 15 is 0 Å². The number of piperazine rings is 1. The van der Waals surface area contributed by atoms with E-state index in [0.717, 1.165) is 26.2 Å². The van der Waals surface area contributed by atoms with Crippen LogP contribution in [0.3, 0.4) is 0 Å². The van der Waals surface area contributed by atoms with Crippen molar-refractivity contribution in [2.24, 2.45) is 0 Å². The fraction of sp³-hybridized carbons (Fsp3) is 0.650. The third-order valence-electron chi connectivity index (χ3n) is 5.58. The molecule has 0 spiro atoms. The Bertz CT molecular complexity index is 598. The van der Waals surface area contributed by atoms with E-state index in [1.807, 2.05) is 13.0 Å². The smallest absolute Gasteiger partial charge is 0.407 e. The van der Waals surface area contributed by atoms with Gasteiger partial charge in [0.05, 0.1) is 25.9 Å². The van der Waals surface area contributed by atoms with Crippen molar-refractivity contribution in [3.05, 3.63) is 35.9 Å². The molecular weight excluding hydrogens is 346 g/mol. The number of rotatable bonds is 6. The Morgan fingerprint density at radius 2 is 2.00 bits per heavy atom. The van der Waals surface area contributed by atoms with Gasteiger partial charge in [-0.2, -0.15) is 0 Å². The van der Waals surface area contributed by atoms with E-state index in [4.69, 9.17) is 9.47 Å². The number of ether oxygens (including phenoxy) is 2. The minimum atomic E-state index is -0.831. The van der Waals surface area contributed by atoms with Gasteiger partial charge >= 0.3 is 6.09 Å². The van der Waals surface area contributed by atoms with E-state index < -0.39 is 6.09 Å². The maximum absolute atomic E-state index is 11.7. The molecule has 3 rings (SSSR count). The first-order valence-corrected chi connectivity index (χ1v) is 9.66. The highest BCUT2D eigenvalue weighted by molar-refractivity contribution is 5.65. The van der Waals surface area contributed by atoms with Crippen LogP contribution < -0.4 is 0 Å². The molecule has 27 heavy (non-hydrogen) atoms. The summed E-state index contributed by atoms with van der Waals surface area (Å²) in [5, 5.41) is 9.60. The predicted molar refractivity (Wildman–Crippen MR) is 103 cm³/mol. The van der Waals surface area contributed by atoms with Gasteiger partial charge in [0.1, 0.15) is 0 Å².